The number of aliphatic hydroxyl groups excluding tert-OH is 1. The van der Waals surface area contributed by atoms with E-state index in [1.165, 1.54) is 0 Å². The van der Waals surface area contributed by atoms with E-state index >= 15 is 0 Å². The van der Waals surface area contributed by atoms with Crippen LogP contribution in [0.3, 0.4) is 0 Å². The van der Waals surface area contributed by atoms with Crippen LogP contribution in [-0.2, 0) is 4.79 Å². The van der Waals surface area contributed by atoms with Crippen molar-refractivity contribution in [3.05, 3.63) is 0 Å². The first-order chi connectivity index (χ1) is 7.63. The van der Waals surface area contributed by atoms with Crippen LogP contribution in [0.25, 0.3) is 0 Å². The smallest absolute Gasteiger partial charge is 0.221 e. The van der Waals surface area contributed by atoms with Gasteiger partial charge >= 0.3 is 0 Å². The van der Waals surface area contributed by atoms with Crippen molar-refractivity contribution in [3.63, 3.8) is 0 Å². The third-order valence-corrected chi connectivity index (χ3v) is 2.41. The molecule has 1 amide bonds. The molecule has 5 heteroatoms. The zero-order valence-corrected chi connectivity index (χ0v) is 10.3. The van der Waals surface area contributed by atoms with Gasteiger partial charge in [-0.05, 0) is 26.7 Å². The second-order valence-electron chi connectivity index (χ2n) is 4.02. The predicted octanol–water partition coefficient (Wildman–Crippen LogP) is -0.409. The summed E-state index contributed by atoms with van der Waals surface area (Å²) in [7, 11) is 0. The molecule has 0 radical (unpaired) electrons. The van der Waals surface area contributed by atoms with Gasteiger partial charge in [-0.2, -0.15) is 0 Å². The molecule has 0 fully saturated rings. The van der Waals surface area contributed by atoms with Crippen LogP contribution in [0.5, 0.6) is 0 Å². The van der Waals surface area contributed by atoms with E-state index in [-0.39, 0.29) is 24.6 Å². The summed E-state index contributed by atoms with van der Waals surface area (Å²) < 4.78 is 0. The van der Waals surface area contributed by atoms with Gasteiger partial charge < -0.3 is 21.5 Å². The van der Waals surface area contributed by atoms with Gasteiger partial charge in [-0.15, -0.1) is 0 Å². The van der Waals surface area contributed by atoms with Gasteiger partial charge in [0.25, 0.3) is 0 Å². The Labute approximate surface area is 97.8 Å². The third kappa shape index (κ3) is 7.62. The SMILES string of the molecule is CCNC(=O)CC(CN)NC(C)CCCO. The number of rotatable bonds is 9. The molecule has 0 heterocycles. The number of nitrogens with one attached hydrogen (secondary N) is 2. The number of nitrogens with two attached hydrogens (primary N) is 1. The largest absolute Gasteiger partial charge is 0.396 e. The summed E-state index contributed by atoms with van der Waals surface area (Å²) in [6.07, 6.45) is 2.07. The second kappa shape index (κ2) is 9.57. The quantitative estimate of drug-likeness (QED) is 0.434. The number of hydrogen-bond acceptors (Lipinski definition) is 4. The molecule has 0 bridgehead atoms. The maximum atomic E-state index is 11.4. The molecule has 0 aliphatic heterocycles. The number of carbonyl (C=O) groups excluding carboxylic acids is 1. The van der Waals surface area contributed by atoms with Crippen LogP contribution in [0.2, 0.25) is 0 Å². The Morgan fingerprint density at radius 2 is 2.19 bits per heavy atom. The Hall–Kier alpha value is -0.650. The standard InChI is InChI=1S/C11H25N3O2/c1-3-13-11(16)7-10(8-12)14-9(2)5-4-6-15/h9-10,14-15H,3-8,12H2,1-2H3,(H,13,16). The summed E-state index contributed by atoms with van der Waals surface area (Å²) in [6, 6.07) is 0.287. The van der Waals surface area contributed by atoms with E-state index in [9.17, 15) is 4.79 Å². The van der Waals surface area contributed by atoms with E-state index in [4.69, 9.17) is 10.8 Å². The number of amides is 1. The van der Waals surface area contributed by atoms with Crippen molar-refractivity contribution in [2.45, 2.75) is 45.2 Å². The molecular formula is C11H25N3O2. The molecule has 0 aromatic heterocycles. The molecule has 0 saturated heterocycles. The van der Waals surface area contributed by atoms with Gasteiger partial charge in [0.05, 0.1) is 0 Å². The van der Waals surface area contributed by atoms with Crippen LogP contribution in [-0.4, -0.2) is 42.8 Å². The number of carbonyl (C=O) groups is 1. The summed E-state index contributed by atoms with van der Waals surface area (Å²) >= 11 is 0. The van der Waals surface area contributed by atoms with Crippen LogP contribution < -0.4 is 16.4 Å². The molecule has 0 rings (SSSR count). The van der Waals surface area contributed by atoms with Gasteiger partial charge in [0.1, 0.15) is 0 Å². The average Bonchev–Trinajstić information content (AvgIpc) is 2.25. The zero-order chi connectivity index (χ0) is 12.4. The van der Waals surface area contributed by atoms with E-state index < -0.39 is 0 Å². The highest BCUT2D eigenvalue weighted by molar-refractivity contribution is 5.76. The van der Waals surface area contributed by atoms with Crippen LogP contribution >= 0.6 is 0 Å². The number of hydrogen-bond donors (Lipinski definition) is 4. The van der Waals surface area contributed by atoms with Crippen molar-refractivity contribution in [2.24, 2.45) is 5.73 Å². The molecule has 0 aromatic rings. The van der Waals surface area contributed by atoms with Crippen LogP contribution in [0, 0.1) is 0 Å². The molecule has 0 saturated carbocycles. The summed E-state index contributed by atoms with van der Waals surface area (Å²) in [5.74, 6) is 0.0276. The van der Waals surface area contributed by atoms with E-state index in [0.717, 1.165) is 12.8 Å². The Morgan fingerprint density at radius 1 is 1.50 bits per heavy atom. The minimum absolute atomic E-state index is 0.0141. The summed E-state index contributed by atoms with van der Waals surface area (Å²) in [5.41, 5.74) is 5.60. The molecule has 0 aliphatic rings. The van der Waals surface area contributed by atoms with E-state index in [0.29, 0.717) is 19.5 Å². The van der Waals surface area contributed by atoms with Gasteiger partial charge in [-0.3, -0.25) is 4.79 Å². The monoisotopic (exact) mass is 231 g/mol. The van der Waals surface area contributed by atoms with Crippen LogP contribution in [0.4, 0.5) is 0 Å². The minimum atomic E-state index is 0.0141. The summed E-state index contributed by atoms with van der Waals surface area (Å²) in [6.45, 7) is 5.23. The Balaban J connectivity index is 3.85. The zero-order valence-electron chi connectivity index (χ0n) is 10.3. The summed E-state index contributed by atoms with van der Waals surface area (Å²) in [4.78, 5) is 11.4. The molecule has 96 valence electrons. The Bertz CT molecular complexity index is 188. The number of aliphatic hydroxyl groups is 1. The molecule has 2 unspecified atom stereocenters. The van der Waals surface area contributed by atoms with Crippen LogP contribution in [0.15, 0.2) is 0 Å². The summed E-state index contributed by atoms with van der Waals surface area (Å²) in [5, 5.41) is 14.8. The lowest BCUT2D eigenvalue weighted by atomic mass is 10.1. The lowest BCUT2D eigenvalue weighted by Crippen LogP contribution is -2.44. The van der Waals surface area contributed by atoms with E-state index in [1.54, 1.807) is 0 Å². The first-order valence-corrected chi connectivity index (χ1v) is 5.97. The van der Waals surface area contributed by atoms with Crippen LogP contribution in [0.1, 0.15) is 33.1 Å². The van der Waals surface area contributed by atoms with Crippen molar-refractivity contribution in [2.75, 3.05) is 19.7 Å². The van der Waals surface area contributed by atoms with Crippen molar-refractivity contribution in [3.8, 4) is 0 Å². The molecular weight excluding hydrogens is 206 g/mol. The van der Waals surface area contributed by atoms with Gasteiger partial charge in [0.2, 0.25) is 5.91 Å². The lowest BCUT2D eigenvalue weighted by Gasteiger charge is -2.21. The van der Waals surface area contributed by atoms with E-state index in [2.05, 4.69) is 10.6 Å². The molecule has 0 aromatic carbocycles. The predicted molar refractivity (Wildman–Crippen MR) is 65.1 cm³/mol. The molecule has 0 aliphatic carbocycles. The van der Waals surface area contributed by atoms with Gasteiger partial charge in [-0.1, -0.05) is 0 Å². The van der Waals surface area contributed by atoms with Gasteiger partial charge in [-0.25, -0.2) is 0 Å². The van der Waals surface area contributed by atoms with Crippen molar-refractivity contribution in [1.29, 1.82) is 0 Å². The normalized spacial score (nSPS) is 14.5. The fourth-order valence-corrected chi connectivity index (χ4v) is 1.59. The van der Waals surface area contributed by atoms with Gasteiger partial charge in [0.15, 0.2) is 0 Å². The maximum absolute atomic E-state index is 11.4. The van der Waals surface area contributed by atoms with Gasteiger partial charge in [0, 0.05) is 38.2 Å². The minimum Gasteiger partial charge on any atom is -0.396 e. The third-order valence-electron chi connectivity index (χ3n) is 2.41. The second-order valence-corrected chi connectivity index (χ2v) is 4.02. The van der Waals surface area contributed by atoms with E-state index in [1.807, 2.05) is 13.8 Å². The molecule has 5 nitrogen and oxygen atoms in total. The van der Waals surface area contributed by atoms with Crippen molar-refractivity contribution >= 4 is 5.91 Å². The highest BCUT2D eigenvalue weighted by Crippen LogP contribution is 1.99. The molecule has 2 atom stereocenters. The van der Waals surface area contributed by atoms with Crippen molar-refractivity contribution < 1.29 is 9.90 Å². The van der Waals surface area contributed by atoms with Crippen molar-refractivity contribution in [1.82, 2.24) is 10.6 Å². The molecule has 16 heavy (non-hydrogen) atoms. The topological polar surface area (TPSA) is 87.4 Å². The lowest BCUT2D eigenvalue weighted by molar-refractivity contribution is -0.121. The first-order valence-electron chi connectivity index (χ1n) is 5.97. The highest BCUT2D eigenvalue weighted by Gasteiger charge is 2.13. The fourth-order valence-electron chi connectivity index (χ4n) is 1.59. The molecule has 0 spiro atoms. The molecule has 5 N–H and O–H groups in total. The Morgan fingerprint density at radius 3 is 2.69 bits per heavy atom. The average molecular weight is 231 g/mol. The Kier molecular flexibility index (Phi) is 9.18. The maximum Gasteiger partial charge on any atom is 0.221 e. The first kappa shape index (κ1) is 15.3. The highest BCUT2D eigenvalue weighted by atomic mass is 16.2. The fraction of sp³-hybridized carbons (Fsp3) is 0.909.